The maximum atomic E-state index is 13.1. The molecule has 5 rings (SSSR count). The quantitative estimate of drug-likeness (QED) is 0.631. The number of amides is 1. The van der Waals surface area contributed by atoms with Crippen LogP contribution in [0.2, 0.25) is 0 Å². The van der Waals surface area contributed by atoms with E-state index in [2.05, 4.69) is 44.5 Å². The van der Waals surface area contributed by atoms with E-state index in [9.17, 15) is 4.79 Å². The molecule has 0 radical (unpaired) electrons. The van der Waals surface area contributed by atoms with Gasteiger partial charge in [0.05, 0.1) is 17.2 Å². The SMILES string of the molecule is CCn1cc(C(=O)N2CCC3(c4nnc(C)o4)CN(Cc4ccccc4)CC3C2)cn1. The van der Waals surface area contributed by atoms with Crippen LogP contribution in [0, 0.1) is 12.8 Å². The second-order valence-corrected chi connectivity index (χ2v) is 8.72. The van der Waals surface area contributed by atoms with Crippen molar-refractivity contribution in [1.29, 1.82) is 0 Å². The van der Waals surface area contributed by atoms with Crippen molar-refractivity contribution >= 4 is 5.91 Å². The first-order valence-corrected chi connectivity index (χ1v) is 11.0. The van der Waals surface area contributed by atoms with Crippen LogP contribution in [-0.2, 0) is 18.5 Å². The molecule has 4 heterocycles. The highest BCUT2D eigenvalue weighted by Gasteiger charge is 2.54. The maximum Gasteiger partial charge on any atom is 0.257 e. The first-order valence-electron chi connectivity index (χ1n) is 11.0. The average Bonchev–Trinajstić information content (AvgIpc) is 3.51. The summed E-state index contributed by atoms with van der Waals surface area (Å²) in [5.74, 6) is 1.61. The summed E-state index contributed by atoms with van der Waals surface area (Å²) in [6, 6.07) is 10.5. The summed E-state index contributed by atoms with van der Waals surface area (Å²) in [7, 11) is 0. The lowest BCUT2D eigenvalue weighted by Gasteiger charge is -2.41. The van der Waals surface area contributed by atoms with Crippen molar-refractivity contribution in [3.05, 3.63) is 65.6 Å². The zero-order valence-electron chi connectivity index (χ0n) is 18.1. The van der Waals surface area contributed by atoms with Crippen LogP contribution in [0.1, 0.15) is 41.0 Å². The predicted molar refractivity (Wildman–Crippen MR) is 114 cm³/mol. The van der Waals surface area contributed by atoms with Gasteiger partial charge >= 0.3 is 0 Å². The van der Waals surface area contributed by atoms with Gasteiger partial charge in [-0.25, -0.2) is 0 Å². The predicted octanol–water partition coefficient (Wildman–Crippen LogP) is 2.51. The van der Waals surface area contributed by atoms with Gasteiger partial charge in [0.1, 0.15) is 0 Å². The Bertz CT molecular complexity index is 1060. The molecule has 2 aliphatic heterocycles. The van der Waals surface area contributed by atoms with Crippen LogP contribution in [0.5, 0.6) is 0 Å². The molecule has 2 atom stereocenters. The van der Waals surface area contributed by atoms with Crippen molar-refractivity contribution in [3.8, 4) is 0 Å². The summed E-state index contributed by atoms with van der Waals surface area (Å²) in [4.78, 5) is 17.6. The lowest BCUT2D eigenvalue weighted by atomic mass is 9.72. The van der Waals surface area contributed by atoms with E-state index in [0.29, 0.717) is 24.5 Å². The zero-order chi connectivity index (χ0) is 21.4. The Hall–Kier alpha value is -3.00. The van der Waals surface area contributed by atoms with E-state index in [0.717, 1.165) is 38.5 Å². The van der Waals surface area contributed by atoms with E-state index < -0.39 is 0 Å². The first kappa shape index (κ1) is 19.9. The number of likely N-dealkylation sites (tertiary alicyclic amines) is 2. The van der Waals surface area contributed by atoms with Gasteiger partial charge in [-0.2, -0.15) is 5.10 Å². The molecule has 2 aliphatic rings. The molecular weight excluding hydrogens is 392 g/mol. The molecule has 2 unspecified atom stereocenters. The van der Waals surface area contributed by atoms with Gasteiger partial charge in [-0.05, 0) is 18.9 Å². The lowest BCUT2D eigenvalue weighted by molar-refractivity contribution is 0.0568. The Morgan fingerprint density at radius 2 is 2.06 bits per heavy atom. The molecule has 0 N–H and O–H groups in total. The normalized spacial score (nSPS) is 23.8. The number of hydrogen-bond acceptors (Lipinski definition) is 6. The molecule has 0 spiro atoms. The number of fused-ring (bicyclic) bond motifs is 1. The molecule has 8 nitrogen and oxygen atoms in total. The van der Waals surface area contributed by atoms with E-state index in [-0.39, 0.29) is 17.2 Å². The molecule has 2 aromatic heterocycles. The third-order valence-electron chi connectivity index (χ3n) is 6.73. The van der Waals surface area contributed by atoms with Gasteiger partial charge in [0.15, 0.2) is 0 Å². The van der Waals surface area contributed by atoms with Crippen LogP contribution >= 0.6 is 0 Å². The summed E-state index contributed by atoms with van der Waals surface area (Å²) < 4.78 is 7.75. The Morgan fingerprint density at radius 1 is 1.23 bits per heavy atom. The molecule has 1 amide bonds. The topological polar surface area (TPSA) is 80.3 Å². The molecule has 1 aromatic carbocycles. The first-order chi connectivity index (χ1) is 15.1. The number of benzene rings is 1. The molecule has 8 heteroatoms. The van der Waals surface area contributed by atoms with E-state index in [1.54, 1.807) is 10.9 Å². The Labute approximate surface area is 181 Å². The highest BCUT2D eigenvalue weighted by Crippen LogP contribution is 2.45. The van der Waals surface area contributed by atoms with Crippen LogP contribution in [0.25, 0.3) is 0 Å². The average molecular weight is 421 g/mol. The van der Waals surface area contributed by atoms with Crippen molar-refractivity contribution in [2.45, 2.75) is 38.8 Å². The summed E-state index contributed by atoms with van der Waals surface area (Å²) in [5.41, 5.74) is 1.74. The molecular formula is C23H28N6O2. The van der Waals surface area contributed by atoms with Gasteiger partial charge in [-0.1, -0.05) is 30.3 Å². The molecule has 162 valence electrons. The highest BCUT2D eigenvalue weighted by atomic mass is 16.4. The number of rotatable bonds is 5. The molecule has 31 heavy (non-hydrogen) atoms. The van der Waals surface area contributed by atoms with Gasteiger partial charge in [0, 0.05) is 58.3 Å². The fourth-order valence-electron chi connectivity index (χ4n) is 5.11. The fraction of sp³-hybridized carbons (Fsp3) is 0.478. The molecule has 2 saturated heterocycles. The summed E-state index contributed by atoms with van der Waals surface area (Å²) in [6.07, 6.45) is 4.32. The molecule has 3 aromatic rings. The van der Waals surface area contributed by atoms with E-state index in [1.807, 2.05) is 31.0 Å². The number of hydrogen-bond donors (Lipinski definition) is 0. The number of carbonyl (C=O) groups excluding carboxylic acids is 1. The van der Waals surface area contributed by atoms with Crippen LogP contribution in [0.4, 0.5) is 0 Å². The number of carbonyl (C=O) groups is 1. The van der Waals surface area contributed by atoms with Crippen LogP contribution < -0.4 is 0 Å². The van der Waals surface area contributed by atoms with Gasteiger partial charge in [-0.3, -0.25) is 14.4 Å². The van der Waals surface area contributed by atoms with Crippen molar-refractivity contribution < 1.29 is 9.21 Å². The third-order valence-corrected chi connectivity index (χ3v) is 6.73. The summed E-state index contributed by atoms with van der Waals surface area (Å²) in [5, 5.41) is 12.8. The number of aryl methyl sites for hydroxylation is 2. The van der Waals surface area contributed by atoms with Crippen molar-refractivity contribution in [1.82, 2.24) is 29.8 Å². The summed E-state index contributed by atoms with van der Waals surface area (Å²) >= 11 is 0. The molecule has 0 bridgehead atoms. The standard InChI is InChI=1S/C23H28N6O2/c1-3-29-13-19(11-24-29)21(30)28-10-9-23(22-26-25-17(2)31-22)16-27(14-20(23)15-28)12-18-7-5-4-6-8-18/h4-8,11,13,20H,3,9-10,12,14-16H2,1-2H3. The summed E-state index contributed by atoms with van der Waals surface area (Å²) in [6.45, 7) is 8.60. The molecule has 0 aliphatic carbocycles. The Morgan fingerprint density at radius 3 is 2.77 bits per heavy atom. The number of nitrogens with zero attached hydrogens (tertiary/aromatic N) is 6. The van der Waals surface area contributed by atoms with Gasteiger partial charge in [-0.15, -0.1) is 10.2 Å². The van der Waals surface area contributed by atoms with Crippen molar-refractivity contribution in [3.63, 3.8) is 0 Å². The Balaban J connectivity index is 1.39. The maximum absolute atomic E-state index is 13.1. The van der Waals surface area contributed by atoms with Crippen LogP contribution in [0.15, 0.2) is 47.1 Å². The van der Waals surface area contributed by atoms with E-state index >= 15 is 0 Å². The minimum atomic E-state index is -0.208. The smallest absolute Gasteiger partial charge is 0.257 e. The van der Waals surface area contributed by atoms with Crippen LogP contribution in [0.3, 0.4) is 0 Å². The minimum Gasteiger partial charge on any atom is -0.425 e. The van der Waals surface area contributed by atoms with Gasteiger partial charge in [0.2, 0.25) is 11.8 Å². The minimum absolute atomic E-state index is 0.0523. The largest absolute Gasteiger partial charge is 0.425 e. The number of piperidine rings is 1. The van der Waals surface area contributed by atoms with E-state index in [4.69, 9.17) is 4.42 Å². The highest BCUT2D eigenvalue weighted by molar-refractivity contribution is 5.93. The lowest BCUT2D eigenvalue weighted by Crippen LogP contribution is -2.51. The monoisotopic (exact) mass is 420 g/mol. The number of aromatic nitrogens is 4. The Kier molecular flexibility index (Phi) is 5.09. The van der Waals surface area contributed by atoms with Gasteiger partial charge in [0.25, 0.3) is 5.91 Å². The van der Waals surface area contributed by atoms with Gasteiger partial charge < -0.3 is 9.32 Å². The molecule has 2 fully saturated rings. The van der Waals surface area contributed by atoms with Crippen molar-refractivity contribution in [2.24, 2.45) is 5.92 Å². The van der Waals surface area contributed by atoms with Crippen molar-refractivity contribution in [2.75, 3.05) is 26.2 Å². The molecule has 0 saturated carbocycles. The second-order valence-electron chi connectivity index (χ2n) is 8.72. The van der Waals surface area contributed by atoms with Crippen LogP contribution in [-0.4, -0.2) is 61.9 Å². The van der Waals surface area contributed by atoms with E-state index in [1.165, 1.54) is 5.56 Å². The zero-order valence-corrected chi connectivity index (χ0v) is 18.1. The second kappa shape index (κ2) is 7.92. The third kappa shape index (κ3) is 3.65. The fourth-order valence-corrected chi connectivity index (χ4v) is 5.11.